The predicted octanol–water partition coefficient (Wildman–Crippen LogP) is 3.24. The molecule has 8 heteroatoms. The molecule has 0 saturated carbocycles. The Morgan fingerprint density at radius 3 is 2.32 bits per heavy atom. The second kappa shape index (κ2) is 7.22. The lowest BCUT2D eigenvalue weighted by molar-refractivity contribution is -0.383. The number of nitrogens with zero attached hydrogens (tertiary/aromatic N) is 4. The molecule has 0 atom stereocenters. The molecule has 1 aromatic heterocycles. The van der Waals surface area contributed by atoms with Gasteiger partial charge in [0.1, 0.15) is 17.8 Å². The van der Waals surface area contributed by atoms with Gasteiger partial charge in [-0.1, -0.05) is 30.3 Å². The second-order valence-corrected chi connectivity index (χ2v) is 6.53. The Bertz CT molecular complexity index is 1060. The van der Waals surface area contributed by atoms with Gasteiger partial charge in [-0.2, -0.15) is 0 Å². The van der Waals surface area contributed by atoms with Crippen molar-refractivity contribution in [2.75, 3.05) is 31.1 Å². The highest BCUT2D eigenvalue weighted by molar-refractivity contribution is 5.98. The van der Waals surface area contributed by atoms with E-state index in [1.165, 1.54) is 18.3 Å². The van der Waals surface area contributed by atoms with E-state index in [2.05, 4.69) is 4.98 Å². The Morgan fingerprint density at radius 1 is 1.00 bits per heavy atom. The van der Waals surface area contributed by atoms with Gasteiger partial charge in [0, 0.05) is 31.6 Å². The number of rotatable bonds is 3. The quantitative estimate of drug-likeness (QED) is 0.515. The zero-order chi connectivity index (χ0) is 19.7. The summed E-state index contributed by atoms with van der Waals surface area (Å²) in [5.74, 6) is -0.212. The average molecular weight is 380 g/mol. The summed E-state index contributed by atoms with van der Waals surface area (Å²) in [5, 5.41) is 12.5. The topological polar surface area (TPSA) is 79.6 Å². The minimum Gasteiger partial charge on any atom is -0.353 e. The number of carbonyl (C=O) groups is 1. The molecule has 0 radical (unpaired) electrons. The molecule has 1 amide bonds. The van der Waals surface area contributed by atoms with E-state index in [1.807, 2.05) is 17.0 Å². The minimum atomic E-state index is -0.530. The summed E-state index contributed by atoms with van der Waals surface area (Å²) in [5.41, 5.74) is 0.0302. The maximum Gasteiger partial charge on any atom is 0.295 e. The number of benzene rings is 2. The first-order valence-corrected chi connectivity index (χ1v) is 8.87. The van der Waals surface area contributed by atoms with E-state index in [0.29, 0.717) is 42.8 Å². The lowest BCUT2D eigenvalue weighted by Gasteiger charge is -2.36. The lowest BCUT2D eigenvalue weighted by Crippen LogP contribution is -2.49. The first-order valence-electron chi connectivity index (χ1n) is 8.87. The third-order valence-electron chi connectivity index (χ3n) is 4.92. The smallest absolute Gasteiger partial charge is 0.295 e. The van der Waals surface area contributed by atoms with Gasteiger partial charge in [-0.25, -0.2) is 9.37 Å². The van der Waals surface area contributed by atoms with E-state index in [4.69, 9.17) is 0 Å². The molecule has 0 spiro atoms. The molecule has 2 heterocycles. The lowest BCUT2D eigenvalue weighted by atomic mass is 10.1. The molecule has 0 unspecified atom stereocenters. The van der Waals surface area contributed by atoms with E-state index in [-0.39, 0.29) is 17.2 Å². The van der Waals surface area contributed by atoms with Crippen LogP contribution in [0.3, 0.4) is 0 Å². The van der Waals surface area contributed by atoms with Crippen LogP contribution in [0.2, 0.25) is 0 Å². The van der Waals surface area contributed by atoms with Crippen LogP contribution in [0.25, 0.3) is 10.8 Å². The highest BCUT2D eigenvalue weighted by Crippen LogP contribution is 2.31. The molecule has 2 aromatic carbocycles. The highest BCUT2D eigenvalue weighted by Gasteiger charge is 2.26. The summed E-state index contributed by atoms with van der Waals surface area (Å²) in [7, 11) is 0. The van der Waals surface area contributed by atoms with Crippen LogP contribution in [0.4, 0.5) is 15.9 Å². The van der Waals surface area contributed by atoms with E-state index in [1.54, 1.807) is 29.2 Å². The summed E-state index contributed by atoms with van der Waals surface area (Å²) in [6.07, 6.45) is 1.27. The highest BCUT2D eigenvalue weighted by atomic mass is 19.1. The molecule has 28 heavy (non-hydrogen) atoms. The van der Waals surface area contributed by atoms with Crippen molar-refractivity contribution in [2.45, 2.75) is 0 Å². The monoisotopic (exact) mass is 380 g/mol. The van der Waals surface area contributed by atoms with Crippen LogP contribution in [-0.4, -0.2) is 46.9 Å². The number of hydrogen-bond acceptors (Lipinski definition) is 5. The van der Waals surface area contributed by atoms with Gasteiger partial charge in [-0.3, -0.25) is 14.9 Å². The van der Waals surface area contributed by atoms with Crippen LogP contribution < -0.4 is 4.90 Å². The van der Waals surface area contributed by atoms with Crippen molar-refractivity contribution in [3.63, 3.8) is 0 Å². The number of carbonyl (C=O) groups excluding carboxylic acids is 1. The first-order chi connectivity index (χ1) is 13.6. The van der Waals surface area contributed by atoms with Gasteiger partial charge in [0.05, 0.1) is 15.9 Å². The van der Waals surface area contributed by atoms with Crippen molar-refractivity contribution in [3.8, 4) is 0 Å². The maximum atomic E-state index is 13.9. The van der Waals surface area contributed by atoms with Crippen molar-refractivity contribution in [2.24, 2.45) is 0 Å². The van der Waals surface area contributed by atoms with Gasteiger partial charge in [0.25, 0.3) is 11.6 Å². The van der Waals surface area contributed by atoms with Gasteiger partial charge in [-0.05, 0) is 18.2 Å². The molecule has 7 nitrogen and oxygen atoms in total. The number of hydrogen-bond donors (Lipinski definition) is 0. The Morgan fingerprint density at radius 2 is 1.64 bits per heavy atom. The number of pyridine rings is 1. The maximum absolute atomic E-state index is 13.9. The fourth-order valence-electron chi connectivity index (χ4n) is 3.49. The average Bonchev–Trinajstić information content (AvgIpc) is 2.73. The Labute approximate surface area is 160 Å². The normalized spacial score (nSPS) is 14.3. The number of aromatic nitrogens is 1. The van der Waals surface area contributed by atoms with Gasteiger partial charge in [0.2, 0.25) is 0 Å². The number of fused-ring (bicyclic) bond motifs is 1. The third kappa shape index (κ3) is 3.13. The second-order valence-electron chi connectivity index (χ2n) is 6.53. The summed E-state index contributed by atoms with van der Waals surface area (Å²) in [6.45, 7) is 1.85. The fraction of sp³-hybridized carbons (Fsp3) is 0.200. The molecule has 1 aliphatic heterocycles. The van der Waals surface area contributed by atoms with Crippen LogP contribution in [-0.2, 0) is 0 Å². The van der Waals surface area contributed by atoms with Crippen LogP contribution >= 0.6 is 0 Å². The number of anilines is 1. The van der Waals surface area contributed by atoms with E-state index >= 15 is 0 Å². The van der Waals surface area contributed by atoms with E-state index < -0.39 is 10.7 Å². The molecule has 0 bridgehead atoms. The number of piperazine rings is 1. The van der Waals surface area contributed by atoms with Crippen LogP contribution in [0.5, 0.6) is 0 Å². The van der Waals surface area contributed by atoms with Crippen molar-refractivity contribution in [1.29, 1.82) is 0 Å². The summed E-state index contributed by atoms with van der Waals surface area (Å²) < 4.78 is 13.9. The molecule has 0 N–H and O–H groups in total. The Kier molecular flexibility index (Phi) is 4.60. The van der Waals surface area contributed by atoms with Crippen molar-refractivity contribution in [3.05, 3.63) is 76.2 Å². The van der Waals surface area contributed by atoms with E-state index in [0.717, 1.165) is 0 Å². The molecule has 4 rings (SSSR count). The largest absolute Gasteiger partial charge is 0.353 e. The van der Waals surface area contributed by atoms with Crippen LogP contribution in [0, 0.1) is 15.9 Å². The van der Waals surface area contributed by atoms with Crippen molar-refractivity contribution >= 4 is 28.2 Å². The van der Waals surface area contributed by atoms with Gasteiger partial charge < -0.3 is 9.80 Å². The predicted molar refractivity (Wildman–Crippen MR) is 103 cm³/mol. The minimum absolute atomic E-state index is 0.0345. The Hall–Kier alpha value is -3.55. The number of halogens is 1. The molecule has 1 aliphatic rings. The molecule has 0 aliphatic carbocycles. The summed E-state index contributed by atoms with van der Waals surface area (Å²) in [4.78, 5) is 31.3. The molecular formula is C20H17FN4O3. The molecular weight excluding hydrogens is 363 g/mol. The SMILES string of the molecule is O=C(c1ccccc1F)N1CCN(c2ncc([N+](=O)[O-])c3ccccc23)CC1. The van der Waals surface area contributed by atoms with Gasteiger partial charge in [-0.15, -0.1) is 0 Å². The summed E-state index contributed by atoms with van der Waals surface area (Å²) in [6, 6.07) is 13.0. The molecule has 1 saturated heterocycles. The standard InChI is InChI=1S/C20H17FN4O3/c21-17-8-4-3-7-16(17)20(26)24-11-9-23(10-12-24)19-15-6-2-1-5-14(15)18(13-22-19)25(27)28/h1-8,13H,9-12H2. The zero-order valence-corrected chi connectivity index (χ0v) is 14.9. The van der Waals surface area contributed by atoms with Gasteiger partial charge in [0.15, 0.2) is 0 Å². The number of amides is 1. The molecule has 3 aromatic rings. The van der Waals surface area contributed by atoms with Crippen molar-refractivity contribution in [1.82, 2.24) is 9.88 Å². The van der Waals surface area contributed by atoms with E-state index in [9.17, 15) is 19.3 Å². The van der Waals surface area contributed by atoms with Crippen LogP contribution in [0.1, 0.15) is 10.4 Å². The summed E-state index contributed by atoms with van der Waals surface area (Å²) >= 11 is 0. The molecule has 142 valence electrons. The number of nitro groups is 1. The third-order valence-corrected chi connectivity index (χ3v) is 4.92. The first kappa shape index (κ1) is 17.8. The van der Waals surface area contributed by atoms with Crippen molar-refractivity contribution < 1.29 is 14.1 Å². The molecule has 1 fully saturated rings. The fourth-order valence-corrected chi connectivity index (χ4v) is 3.49. The Balaban J connectivity index is 1.56. The zero-order valence-electron chi connectivity index (χ0n) is 14.9. The van der Waals surface area contributed by atoms with Gasteiger partial charge >= 0.3 is 0 Å². The van der Waals surface area contributed by atoms with Crippen LogP contribution in [0.15, 0.2) is 54.7 Å².